The van der Waals surface area contributed by atoms with Gasteiger partial charge in [0, 0.05) is 26.3 Å². The summed E-state index contributed by atoms with van der Waals surface area (Å²) in [7, 11) is 0. The van der Waals surface area contributed by atoms with Crippen LogP contribution in [0.4, 0.5) is 4.79 Å². The van der Waals surface area contributed by atoms with Crippen molar-refractivity contribution in [1.82, 2.24) is 10.6 Å². The number of aryl methyl sites for hydroxylation is 1. The maximum absolute atomic E-state index is 11.7. The Kier molecular flexibility index (Phi) is 7.12. The fourth-order valence-corrected chi connectivity index (χ4v) is 3.66. The Hall–Kier alpha value is -1.59. The molecule has 5 heteroatoms. The average molecular weight is 346 g/mol. The van der Waals surface area contributed by atoms with Crippen LogP contribution < -0.4 is 10.6 Å². The van der Waals surface area contributed by atoms with Gasteiger partial charge in [0.1, 0.15) is 0 Å². The molecule has 0 spiro atoms. The van der Waals surface area contributed by atoms with Gasteiger partial charge in [-0.2, -0.15) is 0 Å². The topological polar surface area (TPSA) is 59.6 Å². The lowest BCUT2D eigenvalue weighted by Crippen LogP contribution is -2.37. The molecule has 2 aliphatic rings. The molecule has 0 bridgehead atoms. The van der Waals surface area contributed by atoms with Crippen LogP contribution in [0, 0.1) is 0 Å². The van der Waals surface area contributed by atoms with E-state index >= 15 is 0 Å². The lowest BCUT2D eigenvalue weighted by Gasteiger charge is -2.25. The van der Waals surface area contributed by atoms with E-state index in [0.717, 1.165) is 45.1 Å². The number of fused-ring (bicyclic) bond motifs is 1. The van der Waals surface area contributed by atoms with Crippen molar-refractivity contribution in [2.75, 3.05) is 26.3 Å². The number of hydrogen-bond donors (Lipinski definition) is 2. The SMILES string of the molecule is O=C(NCCCO[C@H]1CCCc2ccccc21)NCC[C@H]1CCCO1. The molecular weight excluding hydrogens is 316 g/mol. The van der Waals surface area contributed by atoms with Crippen molar-refractivity contribution < 1.29 is 14.3 Å². The molecule has 0 radical (unpaired) electrons. The third-order valence-corrected chi connectivity index (χ3v) is 5.02. The van der Waals surface area contributed by atoms with Gasteiger partial charge >= 0.3 is 6.03 Å². The van der Waals surface area contributed by atoms with Gasteiger partial charge in [0.2, 0.25) is 0 Å². The van der Waals surface area contributed by atoms with Gasteiger partial charge in [-0.3, -0.25) is 0 Å². The van der Waals surface area contributed by atoms with E-state index in [4.69, 9.17) is 9.47 Å². The maximum atomic E-state index is 11.7. The molecule has 2 amide bonds. The highest BCUT2D eigenvalue weighted by molar-refractivity contribution is 5.73. The van der Waals surface area contributed by atoms with E-state index in [1.807, 2.05) is 0 Å². The summed E-state index contributed by atoms with van der Waals surface area (Å²) in [5, 5.41) is 5.79. The number of carbonyl (C=O) groups excluding carboxylic acids is 1. The number of ether oxygens (including phenoxy) is 2. The third-order valence-electron chi connectivity index (χ3n) is 5.02. The normalized spacial score (nSPS) is 22.4. The Morgan fingerprint density at radius 2 is 2.04 bits per heavy atom. The second kappa shape index (κ2) is 9.78. The van der Waals surface area contributed by atoms with Crippen LogP contribution >= 0.6 is 0 Å². The second-order valence-corrected chi connectivity index (χ2v) is 6.91. The maximum Gasteiger partial charge on any atom is 0.314 e. The van der Waals surface area contributed by atoms with Crippen molar-refractivity contribution >= 4 is 6.03 Å². The quantitative estimate of drug-likeness (QED) is 0.710. The first-order chi connectivity index (χ1) is 12.3. The third kappa shape index (κ3) is 5.72. The molecule has 1 aromatic rings. The molecule has 138 valence electrons. The molecule has 1 heterocycles. The van der Waals surface area contributed by atoms with E-state index in [2.05, 4.69) is 34.9 Å². The predicted molar refractivity (Wildman–Crippen MR) is 97.7 cm³/mol. The number of carbonyl (C=O) groups is 1. The Balaban J connectivity index is 1.25. The van der Waals surface area contributed by atoms with Gasteiger partial charge in [0.15, 0.2) is 0 Å². The highest BCUT2D eigenvalue weighted by Crippen LogP contribution is 2.32. The minimum atomic E-state index is -0.0963. The number of rotatable bonds is 8. The van der Waals surface area contributed by atoms with Crippen LogP contribution in [0.2, 0.25) is 0 Å². The van der Waals surface area contributed by atoms with Gasteiger partial charge in [0.05, 0.1) is 12.2 Å². The van der Waals surface area contributed by atoms with Crippen molar-refractivity contribution in [2.45, 2.75) is 57.2 Å². The molecule has 5 nitrogen and oxygen atoms in total. The van der Waals surface area contributed by atoms with Gasteiger partial charge < -0.3 is 20.1 Å². The molecule has 1 aliphatic carbocycles. The van der Waals surface area contributed by atoms with Gasteiger partial charge in [-0.05, 0) is 56.1 Å². The Bertz CT molecular complexity index is 543. The first kappa shape index (κ1) is 18.2. The van der Waals surface area contributed by atoms with Crippen LogP contribution in [0.1, 0.15) is 55.8 Å². The van der Waals surface area contributed by atoms with E-state index in [1.165, 1.54) is 17.5 Å². The zero-order chi connectivity index (χ0) is 17.3. The van der Waals surface area contributed by atoms with Crippen molar-refractivity contribution in [3.63, 3.8) is 0 Å². The van der Waals surface area contributed by atoms with E-state index in [0.29, 0.717) is 25.8 Å². The second-order valence-electron chi connectivity index (χ2n) is 6.91. The molecule has 0 saturated carbocycles. The minimum Gasteiger partial charge on any atom is -0.378 e. The Morgan fingerprint density at radius 1 is 1.16 bits per heavy atom. The molecule has 1 fully saturated rings. The molecule has 3 rings (SSSR count). The van der Waals surface area contributed by atoms with Crippen molar-refractivity contribution in [3.8, 4) is 0 Å². The van der Waals surface area contributed by atoms with Crippen molar-refractivity contribution in [2.24, 2.45) is 0 Å². The molecule has 2 atom stereocenters. The highest BCUT2D eigenvalue weighted by Gasteiger charge is 2.20. The van der Waals surface area contributed by atoms with Crippen molar-refractivity contribution in [3.05, 3.63) is 35.4 Å². The largest absolute Gasteiger partial charge is 0.378 e. The summed E-state index contributed by atoms with van der Waals surface area (Å²) in [6.07, 6.45) is 7.96. The van der Waals surface area contributed by atoms with E-state index in [1.54, 1.807) is 0 Å². The number of hydrogen-bond acceptors (Lipinski definition) is 3. The first-order valence-electron chi connectivity index (χ1n) is 9.65. The summed E-state index contributed by atoms with van der Waals surface area (Å²) in [6, 6.07) is 8.47. The molecule has 0 unspecified atom stereocenters. The van der Waals surface area contributed by atoms with Crippen LogP contribution in [0.25, 0.3) is 0 Å². The summed E-state index contributed by atoms with van der Waals surface area (Å²) in [5.41, 5.74) is 2.76. The van der Waals surface area contributed by atoms with Crippen LogP contribution in [0.15, 0.2) is 24.3 Å². The molecular formula is C20H30N2O3. The minimum absolute atomic E-state index is 0.0963. The molecule has 1 saturated heterocycles. The van der Waals surface area contributed by atoms with Gasteiger partial charge in [-0.25, -0.2) is 4.79 Å². The number of urea groups is 1. The van der Waals surface area contributed by atoms with Gasteiger partial charge in [-0.15, -0.1) is 0 Å². The fourth-order valence-electron chi connectivity index (χ4n) is 3.66. The average Bonchev–Trinajstić information content (AvgIpc) is 3.15. The highest BCUT2D eigenvalue weighted by atomic mass is 16.5. The zero-order valence-electron chi connectivity index (χ0n) is 15.0. The molecule has 1 aliphatic heterocycles. The molecule has 0 aromatic heterocycles. The van der Waals surface area contributed by atoms with Crippen LogP contribution in [0.5, 0.6) is 0 Å². The fraction of sp³-hybridized carbons (Fsp3) is 0.650. The smallest absolute Gasteiger partial charge is 0.314 e. The number of nitrogens with one attached hydrogen (secondary N) is 2. The number of amides is 2. The van der Waals surface area contributed by atoms with Crippen LogP contribution in [-0.4, -0.2) is 38.4 Å². The van der Waals surface area contributed by atoms with Crippen LogP contribution in [-0.2, 0) is 15.9 Å². The lowest BCUT2D eigenvalue weighted by molar-refractivity contribution is 0.0396. The molecule has 1 aromatic carbocycles. The standard InChI is InChI=1S/C20H30N2O3/c23-20(22-13-11-17-8-4-14-24-17)21-12-5-15-25-19-10-3-7-16-6-1-2-9-18(16)19/h1-2,6,9,17,19H,3-5,7-8,10-15H2,(H2,21,22,23)/t17-,19+/m1/s1. The summed E-state index contributed by atoms with van der Waals surface area (Å²) in [6.45, 7) is 2.85. The van der Waals surface area contributed by atoms with E-state index < -0.39 is 0 Å². The number of benzene rings is 1. The lowest BCUT2D eigenvalue weighted by atomic mass is 9.89. The molecule has 25 heavy (non-hydrogen) atoms. The van der Waals surface area contributed by atoms with Gasteiger partial charge in [-0.1, -0.05) is 24.3 Å². The summed E-state index contributed by atoms with van der Waals surface area (Å²) >= 11 is 0. The monoisotopic (exact) mass is 346 g/mol. The Morgan fingerprint density at radius 3 is 2.92 bits per heavy atom. The zero-order valence-corrected chi connectivity index (χ0v) is 15.0. The van der Waals surface area contributed by atoms with E-state index in [9.17, 15) is 4.79 Å². The molecule has 2 N–H and O–H groups in total. The van der Waals surface area contributed by atoms with E-state index in [-0.39, 0.29) is 12.1 Å². The van der Waals surface area contributed by atoms with Crippen molar-refractivity contribution in [1.29, 1.82) is 0 Å². The Labute approximate surface area is 150 Å². The summed E-state index contributed by atoms with van der Waals surface area (Å²) < 4.78 is 11.6. The van der Waals surface area contributed by atoms with Crippen LogP contribution in [0.3, 0.4) is 0 Å². The predicted octanol–water partition coefficient (Wildman–Crippen LogP) is 3.34. The summed E-state index contributed by atoms with van der Waals surface area (Å²) in [4.78, 5) is 11.7. The summed E-state index contributed by atoms with van der Waals surface area (Å²) in [5.74, 6) is 0. The van der Waals surface area contributed by atoms with Gasteiger partial charge in [0.25, 0.3) is 0 Å². The first-order valence-corrected chi connectivity index (χ1v) is 9.65.